The fraction of sp³-hybridized carbons (Fsp3) is 0.312. The maximum atomic E-state index is 5.70. The van der Waals surface area contributed by atoms with Crippen LogP contribution in [0.15, 0.2) is 36.5 Å². The van der Waals surface area contributed by atoms with Gasteiger partial charge in [0.2, 0.25) is 0 Å². The molecule has 3 nitrogen and oxygen atoms in total. The quantitative estimate of drug-likeness (QED) is 0.852. The number of aromatic nitrogens is 1. The first-order valence-corrected chi connectivity index (χ1v) is 6.52. The molecule has 0 amide bonds. The number of benzene rings is 1. The third-order valence-electron chi connectivity index (χ3n) is 2.92. The highest BCUT2D eigenvalue weighted by Crippen LogP contribution is 2.36. The van der Waals surface area contributed by atoms with Gasteiger partial charge in [0.15, 0.2) is 0 Å². The van der Waals surface area contributed by atoms with E-state index >= 15 is 0 Å². The van der Waals surface area contributed by atoms with Gasteiger partial charge in [0, 0.05) is 23.9 Å². The van der Waals surface area contributed by atoms with Gasteiger partial charge in [-0.25, -0.2) is 0 Å². The Labute approximate surface area is 114 Å². The average molecular weight is 256 g/mol. The van der Waals surface area contributed by atoms with E-state index in [2.05, 4.69) is 34.6 Å². The minimum Gasteiger partial charge on any atom is -0.492 e. The fourth-order valence-corrected chi connectivity index (χ4v) is 2.16. The molecule has 0 fully saturated rings. The molecule has 0 atom stereocenters. The van der Waals surface area contributed by atoms with Crippen molar-refractivity contribution in [3.05, 3.63) is 47.8 Å². The Bertz CT molecular complexity index is 552. The maximum absolute atomic E-state index is 5.70. The van der Waals surface area contributed by atoms with Crippen LogP contribution in [0.5, 0.6) is 5.75 Å². The highest BCUT2D eigenvalue weighted by atomic mass is 16.5. The molecule has 2 aromatic rings. The van der Waals surface area contributed by atoms with Crippen molar-refractivity contribution >= 4 is 0 Å². The second kappa shape index (κ2) is 6.34. The summed E-state index contributed by atoms with van der Waals surface area (Å²) in [7, 11) is 3.75. The summed E-state index contributed by atoms with van der Waals surface area (Å²) in [5.74, 6) is 1.05. The van der Waals surface area contributed by atoms with Crippen molar-refractivity contribution in [1.82, 2.24) is 10.3 Å². The lowest BCUT2D eigenvalue weighted by Gasteiger charge is -2.08. The molecule has 1 aliphatic rings. The van der Waals surface area contributed by atoms with Crippen LogP contribution in [0.3, 0.4) is 0 Å². The topological polar surface area (TPSA) is 34.1 Å². The van der Waals surface area contributed by atoms with E-state index in [9.17, 15) is 0 Å². The Balaban J connectivity index is 0.000000408. The minimum absolute atomic E-state index is 0.802. The molecular formula is C16H20N2O. The van der Waals surface area contributed by atoms with Crippen LogP contribution in [0.4, 0.5) is 0 Å². The van der Waals surface area contributed by atoms with Crippen LogP contribution in [-0.2, 0) is 6.42 Å². The van der Waals surface area contributed by atoms with E-state index in [0.29, 0.717) is 0 Å². The summed E-state index contributed by atoms with van der Waals surface area (Å²) < 4.78 is 5.70. The molecule has 0 radical (unpaired) electrons. The molecule has 100 valence electrons. The van der Waals surface area contributed by atoms with Gasteiger partial charge in [-0.2, -0.15) is 0 Å². The van der Waals surface area contributed by atoms with Crippen LogP contribution in [0.2, 0.25) is 0 Å². The Hall–Kier alpha value is -1.87. The van der Waals surface area contributed by atoms with Crippen molar-refractivity contribution < 1.29 is 4.74 Å². The van der Waals surface area contributed by atoms with E-state index in [1.54, 1.807) is 0 Å². The van der Waals surface area contributed by atoms with E-state index in [0.717, 1.165) is 24.5 Å². The van der Waals surface area contributed by atoms with E-state index < -0.39 is 0 Å². The normalized spacial score (nSPS) is 12.2. The number of ether oxygens (including phenoxy) is 1. The summed E-state index contributed by atoms with van der Waals surface area (Å²) in [5.41, 5.74) is 4.71. The Morgan fingerprint density at radius 1 is 1.21 bits per heavy atom. The number of pyridine rings is 1. The number of nitrogens with zero attached hydrogens (tertiary/aromatic N) is 1. The standard InChI is InChI=1S/C14H13NO.C2H7N/c1-10-9-12(5-7-15-10)13-4-2-3-11-6-8-16-14(11)13;1-3-2/h2-5,7,9H,6,8H2,1H3;3H,1-2H3. The number of para-hydroxylation sites is 1. The van der Waals surface area contributed by atoms with Gasteiger partial charge in [-0.3, -0.25) is 4.98 Å². The summed E-state index contributed by atoms with van der Waals surface area (Å²) >= 11 is 0. The SMILES string of the molecule is CNC.Cc1cc(-c2cccc3c2OCC3)ccn1. The highest BCUT2D eigenvalue weighted by Gasteiger charge is 2.16. The molecule has 0 saturated carbocycles. The van der Waals surface area contributed by atoms with Gasteiger partial charge in [-0.1, -0.05) is 18.2 Å². The molecule has 0 unspecified atom stereocenters. The third kappa shape index (κ3) is 3.12. The van der Waals surface area contributed by atoms with Crippen LogP contribution >= 0.6 is 0 Å². The molecular weight excluding hydrogens is 236 g/mol. The largest absolute Gasteiger partial charge is 0.492 e. The molecule has 3 heteroatoms. The van der Waals surface area contributed by atoms with Gasteiger partial charge in [0.05, 0.1) is 6.61 Å². The Morgan fingerprint density at radius 3 is 2.74 bits per heavy atom. The lowest BCUT2D eigenvalue weighted by Crippen LogP contribution is -1.89. The number of hydrogen-bond donors (Lipinski definition) is 1. The smallest absolute Gasteiger partial charge is 0.130 e. The van der Waals surface area contributed by atoms with Crippen molar-refractivity contribution in [2.75, 3.05) is 20.7 Å². The van der Waals surface area contributed by atoms with E-state index in [1.807, 2.05) is 33.3 Å². The van der Waals surface area contributed by atoms with Gasteiger partial charge >= 0.3 is 0 Å². The van der Waals surface area contributed by atoms with Gasteiger partial charge in [0.25, 0.3) is 0 Å². The Kier molecular flexibility index (Phi) is 4.53. The molecule has 3 rings (SSSR count). The zero-order chi connectivity index (χ0) is 13.7. The van der Waals surface area contributed by atoms with E-state index in [1.165, 1.54) is 16.7 Å². The van der Waals surface area contributed by atoms with Crippen LogP contribution in [0.1, 0.15) is 11.3 Å². The molecule has 2 heterocycles. The summed E-state index contributed by atoms with van der Waals surface area (Å²) in [6.07, 6.45) is 2.87. The number of fused-ring (bicyclic) bond motifs is 1. The summed E-state index contributed by atoms with van der Waals surface area (Å²) in [6, 6.07) is 10.5. The lowest BCUT2D eigenvalue weighted by molar-refractivity contribution is 0.358. The van der Waals surface area contributed by atoms with Crippen molar-refractivity contribution in [2.45, 2.75) is 13.3 Å². The van der Waals surface area contributed by atoms with Crippen molar-refractivity contribution in [3.63, 3.8) is 0 Å². The zero-order valence-electron chi connectivity index (χ0n) is 11.7. The lowest BCUT2D eigenvalue weighted by atomic mass is 10.0. The number of nitrogens with one attached hydrogen (secondary N) is 1. The number of rotatable bonds is 1. The zero-order valence-corrected chi connectivity index (χ0v) is 11.7. The first-order chi connectivity index (χ1) is 9.26. The van der Waals surface area contributed by atoms with E-state index in [-0.39, 0.29) is 0 Å². The molecule has 1 aliphatic heterocycles. The summed E-state index contributed by atoms with van der Waals surface area (Å²) in [6.45, 7) is 2.81. The second-order valence-electron chi connectivity index (χ2n) is 4.58. The Morgan fingerprint density at radius 2 is 2.00 bits per heavy atom. The molecule has 1 aromatic carbocycles. The second-order valence-corrected chi connectivity index (χ2v) is 4.58. The summed E-state index contributed by atoms with van der Waals surface area (Å²) in [4.78, 5) is 4.22. The molecule has 0 spiro atoms. The third-order valence-corrected chi connectivity index (χ3v) is 2.92. The van der Waals surface area contributed by atoms with Crippen molar-refractivity contribution in [1.29, 1.82) is 0 Å². The predicted molar refractivity (Wildman–Crippen MR) is 78.6 cm³/mol. The first-order valence-electron chi connectivity index (χ1n) is 6.52. The molecule has 1 aromatic heterocycles. The van der Waals surface area contributed by atoms with Crippen LogP contribution in [-0.4, -0.2) is 25.7 Å². The number of aryl methyl sites for hydroxylation is 1. The van der Waals surface area contributed by atoms with Crippen LogP contribution < -0.4 is 10.1 Å². The average Bonchev–Trinajstić information content (AvgIpc) is 2.87. The van der Waals surface area contributed by atoms with Crippen LogP contribution in [0, 0.1) is 6.92 Å². The first kappa shape index (κ1) is 13.6. The highest BCUT2D eigenvalue weighted by molar-refractivity contribution is 5.72. The molecule has 19 heavy (non-hydrogen) atoms. The van der Waals surface area contributed by atoms with E-state index in [4.69, 9.17) is 4.74 Å². The van der Waals surface area contributed by atoms with Crippen LogP contribution in [0.25, 0.3) is 11.1 Å². The molecule has 0 saturated heterocycles. The van der Waals surface area contributed by atoms with Crippen molar-refractivity contribution in [3.8, 4) is 16.9 Å². The summed E-state index contributed by atoms with van der Waals surface area (Å²) in [5, 5.41) is 2.75. The number of hydrogen-bond acceptors (Lipinski definition) is 3. The monoisotopic (exact) mass is 256 g/mol. The molecule has 0 aliphatic carbocycles. The van der Waals surface area contributed by atoms with Crippen molar-refractivity contribution in [2.24, 2.45) is 0 Å². The molecule has 0 bridgehead atoms. The maximum Gasteiger partial charge on any atom is 0.130 e. The predicted octanol–water partition coefficient (Wildman–Crippen LogP) is 2.83. The van der Waals surface area contributed by atoms with Gasteiger partial charge in [-0.05, 0) is 44.3 Å². The fourth-order valence-electron chi connectivity index (χ4n) is 2.16. The molecule has 1 N–H and O–H groups in total. The van der Waals surface area contributed by atoms with Gasteiger partial charge in [-0.15, -0.1) is 0 Å². The van der Waals surface area contributed by atoms with Gasteiger partial charge in [0.1, 0.15) is 5.75 Å². The van der Waals surface area contributed by atoms with Gasteiger partial charge < -0.3 is 10.1 Å². The minimum atomic E-state index is 0.802.